The van der Waals surface area contributed by atoms with Gasteiger partial charge in [0.2, 0.25) is 10.0 Å². The summed E-state index contributed by atoms with van der Waals surface area (Å²) in [6.45, 7) is 4.01. The van der Waals surface area contributed by atoms with Crippen LogP contribution in [0, 0.1) is 5.82 Å². The van der Waals surface area contributed by atoms with Gasteiger partial charge in [0.15, 0.2) is 0 Å². The topological polar surface area (TPSA) is 123 Å². The highest BCUT2D eigenvalue weighted by Crippen LogP contribution is 2.43. The fourth-order valence-corrected chi connectivity index (χ4v) is 7.38. The van der Waals surface area contributed by atoms with Crippen molar-refractivity contribution in [3.05, 3.63) is 66.1 Å². The molecule has 1 fully saturated rings. The number of carboxylic acids is 1. The number of aliphatic carboxylic acids is 1. The average Bonchev–Trinajstić information content (AvgIpc) is 3.27. The molecule has 0 bridgehead atoms. The Hall–Kier alpha value is -3.09. The number of carboxylic acid groups (broad SMARTS) is 1. The number of aliphatic hydroxyl groups is 2. The number of likely N-dealkylation sites (N-methyl/N-ethyl adjacent to an activating group) is 1. The molecule has 41 heavy (non-hydrogen) atoms. The number of aliphatic hydroxyl groups excluding tert-OH is 2. The second-order valence-corrected chi connectivity index (χ2v) is 12.4. The van der Waals surface area contributed by atoms with Crippen LogP contribution in [0.2, 0.25) is 0 Å². The summed E-state index contributed by atoms with van der Waals surface area (Å²) in [5, 5.41) is 29.7. The highest BCUT2D eigenvalue weighted by molar-refractivity contribution is 7.89. The van der Waals surface area contributed by atoms with Crippen LogP contribution in [0.4, 0.5) is 4.39 Å². The lowest BCUT2D eigenvalue weighted by molar-refractivity contribution is -0.139. The number of benzene rings is 2. The molecule has 11 heteroatoms. The normalized spacial score (nSPS) is 16.5. The molecule has 2 aromatic carbocycles. The first-order valence-electron chi connectivity index (χ1n) is 13.9. The third-order valence-corrected chi connectivity index (χ3v) is 9.54. The van der Waals surface area contributed by atoms with Gasteiger partial charge in [0.25, 0.3) is 0 Å². The van der Waals surface area contributed by atoms with Gasteiger partial charge in [-0.1, -0.05) is 37.3 Å². The Kier molecular flexibility index (Phi) is 9.98. The van der Waals surface area contributed by atoms with Crippen LogP contribution in [0.5, 0.6) is 0 Å². The first-order valence-corrected chi connectivity index (χ1v) is 15.3. The van der Waals surface area contributed by atoms with Crippen molar-refractivity contribution in [3.8, 4) is 22.4 Å². The lowest BCUT2D eigenvalue weighted by Gasteiger charge is -2.32. The van der Waals surface area contributed by atoms with Crippen molar-refractivity contribution in [1.82, 2.24) is 13.8 Å². The van der Waals surface area contributed by atoms with Gasteiger partial charge < -0.3 is 24.8 Å². The SMILES string of the molecule is CCc1c(S(=O)(=O)N2CCN(C)CC2)c(-c2ccccc2)c(-c2ccc(F)cc2)n1CC[C@@H](O)C[C@@H](O)CC(=O)O. The van der Waals surface area contributed by atoms with Crippen LogP contribution in [-0.2, 0) is 27.8 Å². The average molecular weight is 588 g/mol. The van der Waals surface area contributed by atoms with Crippen LogP contribution < -0.4 is 0 Å². The van der Waals surface area contributed by atoms with Gasteiger partial charge in [-0.25, -0.2) is 12.8 Å². The maximum absolute atomic E-state index is 14.4. The molecule has 0 amide bonds. The van der Waals surface area contributed by atoms with Gasteiger partial charge in [-0.3, -0.25) is 4.79 Å². The molecule has 2 atom stereocenters. The van der Waals surface area contributed by atoms with Gasteiger partial charge in [-0.2, -0.15) is 4.31 Å². The summed E-state index contributed by atoms with van der Waals surface area (Å²) in [4.78, 5) is 13.2. The van der Waals surface area contributed by atoms with Crippen molar-refractivity contribution in [2.24, 2.45) is 0 Å². The lowest BCUT2D eigenvalue weighted by Crippen LogP contribution is -2.47. The summed E-state index contributed by atoms with van der Waals surface area (Å²) in [5.74, 6) is -1.58. The molecular weight excluding hydrogens is 549 g/mol. The molecule has 2 heterocycles. The van der Waals surface area contributed by atoms with E-state index in [1.807, 2.05) is 48.9 Å². The van der Waals surface area contributed by atoms with Crippen molar-refractivity contribution >= 4 is 16.0 Å². The third-order valence-electron chi connectivity index (χ3n) is 7.54. The van der Waals surface area contributed by atoms with E-state index in [0.717, 1.165) is 0 Å². The van der Waals surface area contributed by atoms with Gasteiger partial charge in [-0.05, 0) is 61.7 Å². The molecular formula is C30H38FN3O6S. The zero-order chi connectivity index (χ0) is 29.7. The largest absolute Gasteiger partial charge is 0.481 e. The van der Waals surface area contributed by atoms with Crippen molar-refractivity contribution in [2.75, 3.05) is 33.2 Å². The van der Waals surface area contributed by atoms with E-state index >= 15 is 0 Å². The van der Waals surface area contributed by atoms with Crippen LogP contribution in [0.15, 0.2) is 59.5 Å². The van der Waals surface area contributed by atoms with Gasteiger partial charge in [0.1, 0.15) is 10.7 Å². The Morgan fingerprint density at radius 1 is 0.951 bits per heavy atom. The molecule has 1 aromatic heterocycles. The predicted molar refractivity (Wildman–Crippen MR) is 154 cm³/mol. The number of halogens is 1. The maximum atomic E-state index is 14.4. The summed E-state index contributed by atoms with van der Waals surface area (Å²) < 4.78 is 46.2. The van der Waals surface area contributed by atoms with Crippen molar-refractivity contribution < 1.29 is 32.9 Å². The van der Waals surface area contributed by atoms with Crippen LogP contribution in [-0.4, -0.2) is 88.9 Å². The fourth-order valence-electron chi connectivity index (χ4n) is 5.45. The van der Waals surface area contributed by atoms with Crippen molar-refractivity contribution in [3.63, 3.8) is 0 Å². The second-order valence-electron chi connectivity index (χ2n) is 10.5. The number of hydrogen-bond donors (Lipinski definition) is 3. The number of hydrogen-bond acceptors (Lipinski definition) is 6. The Labute approximate surface area is 240 Å². The molecule has 0 aliphatic carbocycles. The van der Waals surface area contributed by atoms with Crippen molar-refractivity contribution in [2.45, 2.75) is 56.3 Å². The maximum Gasteiger partial charge on any atom is 0.305 e. The molecule has 1 aliphatic heterocycles. The minimum atomic E-state index is -3.95. The monoisotopic (exact) mass is 587 g/mol. The molecule has 3 N–H and O–H groups in total. The van der Waals surface area contributed by atoms with Crippen molar-refractivity contribution in [1.29, 1.82) is 0 Å². The van der Waals surface area contributed by atoms with Crippen LogP contribution in [0.3, 0.4) is 0 Å². The molecule has 1 aliphatic rings. The van der Waals surface area contributed by atoms with E-state index in [-0.39, 0.29) is 24.3 Å². The number of aromatic nitrogens is 1. The summed E-state index contributed by atoms with van der Waals surface area (Å²) in [6.07, 6.45) is -2.31. The first kappa shape index (κ1) is 30.9. The number of nitrogens with zero attached hydrogens (tertiary/aromatic N) is 3. The minimum Gasteiger partial charge on any atom is -0.481 e. The third kappa shape index (κ3) is 7.04. The van der Waals surface area contributed by atoms with Crippen LogP contribution >= 0.6 is 0 Å². The Bertz CT molecular complexity index is 1440. The first-order chi connectivity index (χ1) is 19.5. The molecule has 0 unspecified atom stereocenters. The second kappa shape index (κ2) is 13.3. The Morgan fingerprint density at radius 3 is 2.17 bits per heavy atom. The van der Waals surface area contributed by atoms with Gasteiger partial charge in [0, 0.05) is 44.0 Å². The molecule has 9 nitrogen and oxygen atoms in total. The smallest absolute Gasteiger partial charge is 0.305 e. The fraction of sp³-hybridized carbons (Fsp3) is 0.433. The van der Waals surface area contributed by atoms with E-state index in [4.69, 9.17) is 5.11 Å². The molecule has 0 saturated carbocycles. The van der Waals surface area contributed by atoms with E-state index in [1.54, 1.807) is 12.1 Å². The van der Waals surface area contributed by atoms with E-state index in [9.17, 15) is 27.8 Å². The number of carbonyl (C=O) groups is 1. The predicted octanol–water partition coefficient (Wildman–Crippen LogP) is 3.44. The summed E-state index contributed by atoms with van der Waals surface area (Å²) in [7, 11) is -1.99. The zero-order valence-corrected chi connectivity index (χ0v) is 24.2. The quantitative estimate of drug-likeness (QED) is 0.297. The highest BCUT2D eigenvalue weighted by atomic mass is 32.2. The zero-order valence-electron chi connectivity index (χ0n) is 23.4. The van der Waals surface area contributed by atoms with Gasteiger partial charge >= 0.3 is 5.97 Å². The molecule has 222 valence electrons. The number of rotatable bonds is 12. The lowest BCUT2D eigenvalue weighted by atomic mass is 10.0. The summed E-state index contributed by atoms with van der Waals surface area (Å²) >= 11 is 0. The number of piperazine rings is 1. The Balaban J connectivity index is 1.90. The molecule has 0 radical (unpaired) electrons. The summed E-state index contributed by atoms with van der Waals surface area (Å²) in [5.41, 5.74) is 3.01. The van der Waals surface area contributed by atoms with E-state index in [1.165, 1.54) is 16.4 Å². The molecule has 0 spiro atoms. The van der Waals surface area contributed by atoms with Gasteiger partial charge in [0.05, 0.1) is 24.3 Å². The van der Waals surface area contributed by atoms with Crippen LogP contribution in [0.25, 0.3) is 22.4 Å². The molecule has 3 aromatic rings. The molecule has 1 saturated heterocycles. The minimum absolute atomic E-state index is 0.126. The molecule has 4 rings (SSSR count). The van der Waals surface area contributed by atoms with E-state index < -0.39 is 40.4 Å². The van der Waals surface area contributed by atoms with E-state index in [0.29, 0.717) is 60.7 Å². The van der Waals surface area contributed by atoms with Gasteiger partial charge in [-0.15, -0.1) is 0 Å². The highest BCUT2D eigenvalue weighted by Gasteiger charge is 2.37. The van der Waals surface area contributed by atoms with Crippen LogP contribution in [0.1, 0.15) is 31.9 Å². The Morgan fingerprint density at radius 2 is 1.59 bits per heavy atom. The standard InChI is InChI=1S/C30H38FN3O6S/c1-3-26-30(41(39,40)33-17-15-32(2)16-18-33)28(21-7-5-4-6-8-21)29(22-9-11-23(31)12-10-22)34(26)14-13-24(35)19-25(36)20-27(37)38/h4-12,24-25,35-36H,3,13-20H2,1-2H3,(H,37,38)/t24-,25-/m1/s1. The summed E-state index contributed by atoms with van der Waals surface area (Å²) in [6, 6.07) is 15.1. The number of sulfonamides is 1. The van der Waals surface area contributed by atoms with E-state index in [2.05, 4.69) is 4.90 Å².